The zero-order chi connectivity index (χ0) is 14.2. The Morgan fingerprint density at radius 1 is 1.37 bits per heavy atom. The van der Waals surface area contributed by atoms with Gasteiger partial charge in [-0.05, 0) is 25.1 Å². The van der Waals surface area contributed by atoms with Gasteiger partial charge in [0, 0.05) is 11.8 Å². The van der Waals surface area contributed by atoms with E-state index in [1.807, 2.05) is 0 Å². The first-order valence-electron chi connectivity index (χ1n) is 5.21. The van der Waals surface area contributed by atoms with Gasteiger partial charge in [-0.2, -0.15) is 18.3 Å². The van der Waals surface area contributed by atoms with Crippen LogP contribution in [0.25, 0.3) is 5.69 Å². The zero-order valence-electron chi connectivity index (χ0n) is 9.70. The molecular weight excluding hydrogens is 281 g/mol. The largest absolute Gasteiger partial charge is 0.417 e. The zero-order valence-corrected chi connectivity index (χ0v) is 10.5. The Morgan fingerprint density at radius 3 is 2.53 bits per heavy atom. The minimum Gasteiger partial charge on any atom is -0.298 e. The first kappa shape index (κ1) is 13.6. The molecule has 0 spiro atoms. The van der Waals surface area contributed by atoms with Crippen molar-refractivity contribution >= 4 is 17.9 Å². The van der Waals surface area contributed by atoms with E-state index in [2.05, 4.69) is 5.10 Å². The van der Waals surface area contributed by atoms with E-state index in [1.165, 1.54) is 16.9 Å². The molecule has 0 N–H and O–H groups in total. The standard InChI is InChI=1S/C12H8ClF3N2O/c1-7-11(13)5-18(17-7)9-3-2-8(6-19)10(4-9)12(14,15)16/h2-6H,1H3. The molecule has 0 aliphatic rings. The van der Waals surface area contributed by atoms with Crippen LogP contribution in [0.15, 0.2) is 24.4 Å². The summed E-state index contributed by atoms with van der Waals surface area (Å²) in [5.41, 5.74) is -0.710. The molecule has 0 aliphatic carbocycles. The summed E-state index contributed by atoms with van der Waals surface area (Å²) < 4.78 is 39.6. The van der Waals surface area contributed by atoms with Gasteiger partial charge in [-0.1, -0.05) is 11.6 Å². The molecule has 0 fully saturated rings. The molecule has 0 unspecified atom stereocenters. The highest BCUT2D eigenvalue weighted by atomic mass is 35.5. The molecule has 0 aliphatic heterocycles. The molecule has 0 amide bonds. The predicted molar refractivity (Wildman–Crippen MR) is 63.7 cm³/mol. The summed E-state index contributed by atoms with van der Waals surface area (Å²) in [6.07, 6.45) is -3.01. The molecular formula is C12H8ClF3N2O. The summed E-state index contributed by atoms with van der Waals surface area (Å²) in [4.78, 5) is 10.6. The van der Waals surface area contributed by atoms with Gasteiger partial charge >= 0.3 is 6.18 Å². The summed E-state index contributed by atoms with van der Waals surface area (Å²) in [7, 11) is 0. The number of nitrogens with zero attached hydrogens (tertiary/aromatic N) is 2. The van der Waals surface area contributed by atoms with E-state index in [1.54, 1.807) is 6.92 Å². The highest BCUT2D eigenvalue weighted by Crippen LogP contribution is 2.33. The second-order valence-electron chi connectivity index (χ2n) is 3.89. The summed E-state index contributed by atoms with van der Waals surface area (Å²) in [5.74, 6) is 0. The van der Waals surface area contributed by atoms with E-state index in [0.717, 1.165) is 12.1 Å². The average Bonchev–Trinajstić information content (AvgIpc) is 2.68. The van der Waals surface area contributed by atoms with Crippen molar-refractivity contribution in [3.8, 4) is 5.69 Å². The summed E-state index contributed by atoms with van der Waals surface area (Å²) >= 11 is 5.81. The van der Waals surface area contributed by atoms with Gasteiger partial charge in [0.25, 0.3) is 0 Å². The summed E-state index contributed by atoms with van der Waals surface area (Å²) in [5, 5.41) is 4.34. The molecule has 3 nitrogen and oxygen atoms in total. The molecule has 0 saturated carbocycles. The van der Waals surface area contributed by atoms with Gasteiger partial charge in [0.2, 0.25) is 0 Å². The molecule has 2 rings (SSSR count). The maximum absolute atomic E-state index is 12.8. The van der Waals surface area contributed by atoms with E-state index in [4.69, 9.17) is 11.6 Å². The predicted octanol–water partition coefficient (Wildman–Crippen LogP) is 3.67. The van der Waals surface area contributed by atoms with E-state index in [0.29, 0.717) is 10.7 Å². The number of rotatable bonds is 2. The third kappa shape index (κ3) is 2.63. The number of aromatic nitrogens is 2. The first-order valence-corrected chi connectivity index (χ1v) is 5.59. The molecule has 1 aromatic heterocycles. The molecule has 2 aromatic rings. The van der Waals surface area contributed by atoms with E-state index < -0.39 is 17.3 Å². The van der Waals surface area contributed by atoms with Crippen LogP contribution < -0.4 is 0 Å². The fourth-order valence-corrected chi connectivity index (χ4v) is 1.74. The molecule has 1 aromatic carbocycles. The van der Waals surface area contributed by atoms with Crippen molar-refractivity contribution in [3.05, 3.63) is 46.2 Å². The van der Waals surface area contributed by atoms with Crippen LogP contribution in [0, 0.1) is 6.92 Å². The van der Waals surface area contributed by atoms with Crippen LogP contribution in [0.2, 0.25) is 5.02 Å². The van der Waals surface area contributed by atoms with Gasteiger partial charge in [0.05, 0.1) is 22.0 Å². The monoisotopic (exact) mass is 288 g/mol. The number of hydrogen-bond donors (Lipinski definition) is 0. The third-order valence-corrected chi connectivity index (χ3v) is 2.94. The fourth-order valence-electron chi connectivity index (χ4n) is 1.61. The number of aldehydes is 1. The number of carbonyl (C=O) groups is 1. The minimum atomic E-state index is -4.60. The van der Waals surface area contributed by atoms with Gasteiger partial charge in [-0.25, -0.2) is 4.68 Å². The van der Waals surface area contributed by atoms with Crippen LogP contribution in [0.1, 0.15) is 21.6 Å². The van der Waals surface area contributed by atoms with Gasteiger partial charge in [-0.15, -0.1) is 0 Å². The lowest BCUT2D eigenvalue weighted by atomic mass is 10.1. The highest BCUT2D eigenvalue weighted by molar-refractivity contribution is 6.31. The van der Waals surface area contributed by atoms with Crippen LogP contribution in [0.4, 0.5) is 13.2 Å². The van der Waals surface area contributed by atoms with Gasteiger partial charge in [-0.3, -0.25) is 4.79 Å². The van der Waals surface area contributed by atoms with Crippen molar-refractivity contribution in [2.45, 2.75) is 13.1 Å². The quantitative estimate of drug-likeness (QED) is 0.790. The van der Waals surface area contributed by atoms with E-state index in [9.17, 15) is 18.0 Å². The SMILES string of the molecule is Cc1nn(-c2ccc(C=O)c(C(F)(F)F)c2)cc1Cl. The van der Waals surface area contributed by atoms with Gasteiger partial charge in [0.1, 0.15) is 0 Å². The summed E-state index contributed by atoms with van der Waals surface area (Å²) in [6.45, 7) is 1.64. The Morgan fingerprint density at radius 2 is 2.05 bits per heavy atom. The molecule has 0 atom stereocenters. The van der Waals surface area contributed by atoms with Crippen molar-refractivity contribution in [2.24, 2.45) is 0 Å². The number of benzene rings is 1. The Hall–Kier alpha value is -1.82. The maximum atomic E-state index is 12.8. The molecule has 0 saturated heterocycles. The lowest BCUT2D eigenvalue weighted by molar-refractivity contribution is -0.137. The van der Waals surface area contributed by atoms with E-state index in [-0.39, 0.29) is 12.0 Å². The molecule has 0 bridgehead atoms. The number of alkyl halides is 3. The van der Waals surface area contributed by atoms with Gasteiger partial charge in [0.15, 0.2) is 6.29 Å². The van der Waals surface area contributed by atoms with Crippen molar-refractivity contribution < 1.29 is 18.0 Å². The second-order valence-corrected chi connectivity index (χ2v) is 4.30. The Balaban J connectivity index is 2.58. The van der Waals surface area contributed by atoms with Crippen molar-refractivity contribution in [1.82, 2.24) is 9.78 Å². The van der Waals surface area contributed by atoms with Crippen LogP contribution in [0.3, 0.4) is 0 Å². The maximum Gasteiger partial charge on any atom is 0.417 e. The molecule has 19 heavy (non-hydrogen) atoms. The van der Waals surface area contributed by atoms with Crippen LogP contribution in [-0.2, 0) is 6.18 Å². The van der Waals surface area contributed by atoms with Crippen LogP contribution in [-0.4, -0.2) is 16.1 Å². The Kier molecular flexibility index (Phi) is 3.36. The Bertz CT molecular complexity index is 615. The number of carbonyl (C=O) groups excluding carboxylic acids is 1. The topological polar surface area (TPSA) is 34.9 Å². The molecule has 7 heteroatoms. The fraction of sp³-hybridized carbons (Fsp3) is 0.167. The first-order chi connectivity index (χ1) is 8.82. The second kappa shape index (κ2) is 4.70. The summed E-state index contributed by atoms with van der Waals surface area (Å²) in [6, 6.07) is 3.35. The molecule has 100 valence electrons. The van der Waals surface area contributed by atoms with Crippen LogP contribution in [0.5, 0.6) is 0 Å². The number of halogens is 4. The average molecular weight is 289 g/mol. The highest BCUT2D eigenvalue weighted by Gasteiger charge is 2.33. The van der Waals surface area contributed by atoms with Crippen molar-refractivity contribution in [1.29, 1.82) is 0 Å². The van der Waals surface area contributed by atoms with E-state index >= 15 is 0 Å². The van der Waals surface area contributed by atoms with Crippen LogP contribution >= 0.6 is 11.6 Å². The van der Waals surface area contributed by atoms with Crippen molar-refractivity contribution in [3.63, 3.8) is 0 Å². The smallest absolute Gasteiger partial charge is 0.298 e. The molecule has 1 heterocycles. The van der Waals surface area contributed by atoms with Gasteiger partial charge < -0.3 is 0 Å². The third-order valence-electron chi connectivity index (χ3n) is 2.57. The number of hydrogen-bond acceptors (Lipinski definition) is 2. The lowest BCUT2D eigenvalue weighted by Gasteiger charge is -2.11. The normalized spacial score (nSPS) is 11.6. The number of aryl methyl sites for hydroxylation is 1. The van der Waals surface area contributed by atoms with Crippen molar-refractivity contribution in [2.75, 3.05) is 0 Å². The minimum absolute atomic E-state index is 0.175. The Labute approximate surface area is 111 Å². The lowest BCUT2D eigenvalue weighted by Crippen LogP contribution is -2.10. The molecule has 0 radical (unpaired) electrons.